The molecule has 0 aliphatic carbocycles. The number of aromatic carboxylic acids is 1. The maximum atomic E-state index is 12.5. The molecule has 0 saturated heterocycles. The van der Waals surface area contributed by atoms with Crippen molar-refractivity contribution in [1.29, 1.82) is 0 Å². The van der Waals surface area contributed by atoms with E-state index in [0.29, 0.717) is 11.3 Å². The second-order valence-electron chi connectivity index (χ2n) is 4.40. The van der Waals surface area contributed by atoms with Gasteiger partial charge >= 0.3 is 5.97 Å². The number of nitrogens with zero attached hydrogens (tertiary/aromatic N) is 1. The van der Waals surface area contributed by atoms with Crippen LogP contribution in [0.5, 0.6) is 0 Å². The summed E-state index contributed by atoms with van der Waals surface area (Å²) >= 11 is 0. The van der Waals surface area contributed by atoms with Crippen LogP contribution in [-0.4, -0.2) is 35.2 Å². The van der Waals surface area contributed by atoms with Crippen LogP contribution in [0.1, 0.15) is 20.7 Å². The van der Waals surface area contributed by atoms with E-state index in [1.165, 1.54) is 17.0 Å². The Morgan fingerprint density at radius 3 is 2.05 bits per heavy atom. The van der Waals surface area contributed by atoms with Crippen molar-refractivity contribution >= 4 is 17.6 Å². The summed E-state index contributed by atoms with van der Waals surface area (Å²) in [6.07, 6.45) is 0. The van der Waals surface area contributed by atoms with Crippen LogP contribution in [0.4, 0.5) is 5.69 Å². The van der Waals surface area contributed by atoms with Gasteiger partial charge in [-0.2, -0.15) is 0 Å². The highest BCUT2D eigenvalue weighted by Crippen LogP contribution is 2.18. The lowest BCUT2D eigenvalue weighted by atomic mass is 10.1. The second kappa shape index (κ2) is 6.67. The molecule has 2 aromatic carbocycles. The highest BCUT2D eigenvalue weighted by Gasteiger charge is 2.17. The van der Waals surface area contributed by atoms with Gasteiger partial charge in [0, 0.05) is 17.8 Å². The highest BCUT2D eigenvalue weighted by molar-refractivity contribution is 6.06. The lowest BCUT2D eigenvalue weighted by Gasteiger charge is -2.22. The molecule has 0 atom stereocenters. The van der Waals surface area contributed by atoms with Crippen LogP contribution in [-0.2, 0) is 0 Å². The van der Waals surface area contributed by atoms with Crippen LogP contribution in [0, 0.1) is 0 Å². The third-order valence-corrected chi connectivity index (χ3v) is 3.02. The predicted octanol–water partition coefficient (Wildman–Crippen LogP) is 2.02. The van der Waals surface area contributed by atoms with E-state index >= 15 is 0 Å². The first-order valence-corrected chi connectivity index (χ1v) is 6.44. The first-order chi connectivity index (χ1) is 10.1. The van der Waals surface area contributed by atoms with E-state index in [-0.39, 0.29) is 24.6 Å². The summed E-state index contributed by atoms with van der Waals surface area (Å²) in [5.41, 5.74) is 1.20. The average Bonchev–Trinajstić information content (AvgIpc) is 2.53. The van der Waals surface area contributed by atoms with Crippen LogP contribution in [0.25, 0.3) is 0 Å². The normalized spacial score (nSPS) is 10.1. The molecule has 0 spiro atoms. The standard InChI is InChI=1S/C16H15NO4/c18-11-10-17(15(19)12-4-2-1-3-5-12)14-8-6-13(7-9-14)16(20)21/h1-9,18H,10-11H2,(H,20,21). The summed E-state index contributed by atoms with van der Waals surface area (Å²) in [5.74, 6) is -1.27. The highest BCUT2D eigenvalue weighted by atomic mass is 16.4. The SMILES string of the molecule is O=C(O)c1ccc(N(CCO)C(=O)c2ccccc2)cc1. The van der Waals surface area contributed by atoms with Gasteiger partial charge in [0.1, 0.15) is 0 Å². The Kier molecular flexibility index (Phi) is 4.68. The lowest BCUT2D eigenvalue weighted by molar-refractivity contribution is 0.0696. The summed E-state index contributed by atoms with van der Waals surface area (Å²) in [4.78, 5) is 24.7. The lowest BCUT2D eigenvalue weighted by Crippen LogP contribution is -2.33. The number of benzene rings is 2. The molecule has 2 N–H and O–H groups in total. The zero-order valence-electron chi connectivity index (χ0n) is 11.3. The maximum absolute atomic E-state index is 12.5. The molecule has 0 bridgehead atoms. The molecule has 0 fully saturated rings. The zero-order chi connectivity index (χ0) is 15.2. The van der Waals surface area contributed by atoms with Crippen LogP contribution in [0.3, 0.4) is 0 Å². The summed E-state index contributed by atoms with van der Waals surface area (Å²) in [5, 5.41) is 18.0. The van der Waals surface area contributed by atoms with Crippen molar-refractivity contribution < 1.29 is 19.8 Å². The van der Waals surface area contributed by atoms with Crippen molar-refractivity contribution in [1.82, 2.24) is 0 Å². The van der Waals surface area contributed by atoms with Gasteiger partial charge in [-0.05, 0) is 36.4 Å². The molecule has 0 aliphatic heterocycles. The van der Waals surface area contributed by atoms with Gasteiger partial charge in [0.25, 0.3) is 5.91 Å². The van der Waals surface area contributed by atoms with E-state index in [9.17, 15) is 9.59 Å². The molecule has 0 aliphatic rings. The van der Waals surface area contributed by atoms with Crippen molar-refractivity contribution in [3.63, 3.8) is 0 Å². The summed E-state index contributed by atoms with van der Waals surface area (Å²) < 4.78 is 0. The Morgan fingerprint density at radius 1 is 0.905 bits per heavy atom. The molecule has 2 aromatic rings. The number of hydrogen-bond acceptors (Lipinski definition) is 3. The molecule has 1 amide bonds. The fraction of sp³-hybridized carbons (Fsp3) is 0.125. The smallest absolute Gasteiger partial charge is 0.335 e. The minimum absolute atomic E-state index is 0.139. The number of hydrogen-bond donors (Lipinski definition) is 2. The van der Waals surface area contributed by atoms with Crippen molar-refractivity contribution in [2.75, 3.05) is 18.1 Å². The Balaban J connectivity index is 2.30. The number of carboxylic acids is 1. The monoisotopic (exact) mass is 285 g/mol. The van der Waals surface area contributed by atoms with Crippen molar-refractivity contribution in [2.45, 2.75) is 0 Å². The Morgan fingerprint density at radius 2 is 1.52 bits per heavy atom. The molecular formula is C16H15NO4. The van der Waals surface area contributed by atoms with Crippen molar-refractivity contribution in [2.24, 2.45) is 0 Å². The Hall–Kier alpha value is -2.66. The number of aliphatic hydroxyl groups is 1. The topological polar surface area (TPSA) is 77.8 Å². The quantitative estimate of drug-likeness (QED) is 0.881. The Labute approximate surface area is 122 Å². The molecule has 0 saturated carbocycles. The third kappa shape index (κ3) is 3.46. The minimum atomic E-state index is -1.02. The Bertz CT molecular complexity index is 622. The zero-order valence-corrected chi connectivity index (χ0v) is 11.3. The van der Waals surface area contributed by atoms with E-state index < -0.39 is 5.97 Å². The second-order valence-corrected chi connectivity index (χ2v) is 4.40. The van der Waals surface area contributed by atoms with Crippen LogP contribution >= 0.6 is 0 Å². The van der Waals surface area contributed by atoms with Gasteiger partial charge in [0.05, 0.1) is 12.2 Å². The van der Waals surface area contributed by atoms with Gasteiger partial charge in [-0.1, -0.05) is 18.2 Å². The maximum Gasteiger partial charge on any atom is 0.335 e. The fourth-order valence-electron chi connectivity index (χ4n) is 1.97. The number of amides is 1. The van der Waals surface area contributed by atoms with Gasteiger partial charge < -0.3 is 15.1 Å². The molecule has 0 aromatic heterocycles. The molecule has 2 rings (SSSR count). The van der Waals surface area contributed by atoms with Crippen molar-refractivity contribution in [3.05, 3.63) is 65.7 Å². The summed E-state index contributed by atoms with van der Waals surface area (Å²) in [7, 11) is 0. The predicted molar refractivity (Wildman–Crippen MR) is 78.6 cm³/mol. The third-order valence-electron chi connectivity index (χ3n) is 3.02. The number of carbonyl (C=O) groups is 2. The van der Waals surface area contributed by atoms with Crippen LogP contribution in [0.2, 0.25) is 0 Å². The minimum Gasteiger partial charge on any atom is -0.478 e. The van der Waals surface area contributed by atoms with E-state index in [0.717, 1.165) is 0 Å². The van der Waals surface area contributed by atoms with E-state index in [1.54, 1.807) is 36.4 Å². The molecule has 5 heteroatoms. The number of anilines is 1. The molecule has 0 unspecified atom stereocenters. The van der Waals surface area contributed by atoms with Gasteiger partial charge in [0.15, 0.2) is 0 Å². The molecule has 5 nitrogen and oxygen atoms in total. The van der Waals surface area contributed by atoms with Crippen LogP contribution in [0.15, 0.2) is 54.6 Å². The van der Waals surface area contributed by atoms with Gasteiger partial charge in [-0.3, -0.25) is 4.79 Å². The fourth-order valence-corrected chi connectivity index (χ4v) is 1.97. The largest absolute Gasteiger partial charge is 0.478 e. The molecule has 108 valence electrons. The molecule has 0 heterocycles. The van der Waals surface area contributed by atoms with Gasteiger partial charge in [-0.15, -0.1) is 0 Å². The number of rotatable bonds is 5. The number of carbonyl (C=O) groups excluding carboxylic acids is 1. The van der Waals surface area contributed by atoms with Gasteiger partial charge in [-0.25, -0.2) is 4.79 Å². The molecule has 21 heavy (non-hydrogen) atoms. The van der Waals surface area contributed by atoms with E-state index in [4.69, 9.17) is 10.2 Å². The number of aliphatic hydroxyl groups excluding tert-OH is 1. The first kappa shape index (κ1) is 14.7. The summed E-state index contributed by atoms with van der Waals surface area (Å²) in [6, 6.07) is 14.7. The molecular weight excluding hydrogens is 270 g/mol. The van der Waals surface area contributed by atoms with E-state index in [2.05, 4.69) is 0 Å². The first-order valence-electron chi connectivity index (χ1n) is 6.44. The summed E-state index contributed by atoms with van der Waals surface area (Å²) in [6.45, 7) is -0.0423. The van der Waals surface area contributed by atoms with Crippen molar-refractivity contribution in [3.8, 4) is 0 Å². The number of carboxylic acid groups (broad SMARTS) is 1. The molecule has 0 radical (unpaired) electrons. The van der Waals surface area contributed by atoms with Crippen LogP contribution < -0.4 is 4.90 Å². The average molecular weight is 285 g/mol. The van der Waals surface area contributed by atoms with Gasteiger partial charge in [0.2, 0.25) is 0 Å². The van der Waals surface area contributed by atoms with E-state index in [1.807, 2.05) is 6.07 Å².